The lowest BCUT2D eigenvalue weighted by molar-refractivity contribution is -0.141. The monoisotopic (exact) mass is 580 g/mol. The number of hydrogen-bond acceptors (Lipinski definition) is 0. The van der Waals surface area contributed by atoms with Gasteiger partial charge in [-0.1, -0.05) is 139 Å². The van der Waals surface area contributed by atoms with Gasteiger partial charge in [-0.3, -0.25) is 0 Å². The van der Waals surface area contributed by atoms with Crippen LogP contribution in [0.5, 0.6) is 0 Å². The van der Waals surface area contributed by atoms with Crippen molar-refractivity contribution in [1.82, 2.24) is 0 Å². The van der Waals surface area contributed by atoms with Gasteiger partial charge in [0.2, 0.25) is 0 Å². The fraction of sp³-hybridized carbons (Fsp3) is 0.421. The van der Waals surface area contributed by atoms with Crippen LogP contribution in [0.4, 0.5) is 0 Å². The Hall–Kier alpha value is -2.38. The van der Waals surface area contributed by atoms with Crippen LogP contribution in [-0.4, -0.2) is 4.32 Å². The molecule has 5 unspecified atom stereocenters. The summed E-state index contributed by atoms with van der Waals surface area (Å²) in [6, 6.07) is 11.5. The second-order valence-electron chi connectivity index (χ2n) is 13.1. The number of alkyl halides is 1. The Morgan fingerprint density at radius 2 is 1.72 bits per heavy atom. The van der Waals surface area contributed by atoms with E-state index < -0.39 is 0 Å². The highest BCUT2D eigenvalue weighted by atomic mass is 79.9. The van der Waals surface area contributed by atoms with Gasteiger partial charge in [-0.25, -0.2) is 0 Å². The van der Waals surface area contributed by atoms with E-state index in [2.05, 4.69) is 147 Å². The fourth-order valence-electron chi connectivity index (χ4n) is 9.19. The molecule has 6 rings (SSSR count). The third-order valence-electron chi connectivity index (χ3n) is 9.89. The van der Waals surface area contributed by atoms with Crippen molar-refractivity contribution in [3.8, 4) is 0 Å². The van der Waals surface area contributed by atoms with Crippen molar-refractivity contribution in [2.24, 2.45) is 16.2 Å². The second-order valence-corrected chi connectivity index (χ2v) is 14.8. The van der Waals surface area contributed by atoms with Crippen LogP contribution in [0.2, 0.25) is 0 Å². The lowest BCUT2D eigenvalue weighted by Gasteiger charge is -2.72. The van der Waals surface area contributed by atoms with Crippen molar-refractivity contribution in [2.75, 3.05) is 0 Å². The Kier molecular flexibility index (Phi) is 7.86. The molecule has 0 aliphatic heterocycles. The zero-order valence-electron chi connectivity index (χ0n) is 24.1. The minimum Gasteiger partial charge on any atom is -0.0991 e. The number of hydrogen-bond donors (Lipinski definition) is 0. The van der Waals surface area contributed by atoms with Crippen LogP contribution >= 0.6 is 15.9 Å². The molecule has 204 valence electrons. The summed E-state index contributed by atoms with van der Waals surface area (Å²) in [7, 11) is 0. The molecule has 0 N–H and O–H groups in total. The van der Waals surface area contributed by atoms with Crippen molar-refractivity contribution in [3.05, 3.63) is 133 Å². The largest absolute Gasteiger partial charge is 0.0991 e. The molecule has 0 radical (unpaired) electrons. The minimum atomic E-state index is -0.102. The smallest absolute Gasteiger partial charge is 0.0594 e. The summed E-state index contributed by atoms with van der Waals surface area (Å²) in [5.41, 5.74) is 5.33. The minimum absolute atomic E-state index is 0.102. The van der Waals surface area contributed by atoms with Crippen LogP contribution < -0.4 is 0 Å². The molecule has 0 spiro atoms. The van der Waals surface area contributed by atoms with Crippen LogP contribution in [0.15, 0.2) is 127 Å². The summed E-state index contributed by atoms with van der Waals surface area (Å²) < 4.78 is -0.102. The van der Waals surface area contributed by atoms with Crippen LogP contribution in [0.1, 0.15) is 77.7 Å². The zero-order valence-corrected chi connectivity index (χ0v) is 25.7. The zero-order chi connectivity index (χ0) is 27.6. The Bertz CT molecular complexity index is 1280. The lowest BCUT2D eigenvalue weighted by atomic mass is 9.32. The van der Waals surface area contributed by atoms with Crippen LogP contribution in [0.3, 0.4) is 0 Å². The molecule has 5 aliphatic rings. The predicted octanol–water partition coefficient (Wildman–Crippen LogP) is 11.1. The molecule has 0 nitrogen and oxygen atoms in total. The molecule has 0 aromatic heterocycles. The van der Waals surface area contributed by atoms with Crippen molar-refractivity contribution in [2.45, 2.75) is 81.9 Å². The van der Waals surface area contributed by atoms with E-state index in [-0.39, 0.29) is 26.0 Å². The Balaban J connectivity index is 1.74. The molecule has 1 aromatic carbocycles. The van der Waals surface area contributed by atoms with Crippen LogP contribution in [0.25, 0.3) is 0 Å². The molecule has 0 saturated heterocycles. The Labute approximate surface area is 245 Å². The molecule has 1 heteroatoms. The number of rotatable bonds is 9. The lowest BCUT2D eigenvalue weighted by Crippen LogP contribution is -2.63. The van der Waals surface area contributed by atoms with E-state index in [0.717, 1.165) is 12.8 Å². The molecule has 0 amide bonds. The van der Waals surface area contributed by atoms with Gasteiger partial charge in [-0.15, -0.1) is 0 Å². The molecule has 4 fully saturated rings. The van der Waals surface area contributed by atoms with Crippen molar-refractivity contribution in [3.63, 3.8) is 0 Å². The number of benzene rings is 1. The molecule has 0 heterocycles. The van der Waals surface area contributed by atoms with E-state index >= 15 is 0 Å². The van der Waals surface area contributed by atoms with Crippen molar-refractivity contribution in [1.29, 1.82) is 0 Å². The highest BCUT2D eigenvalue weighted by molar-refractivity contribution is 9.10. The van der Waals surface area contributed by atoms with E-state index in [1.807, 2.05) is 6.08 Å². The average molecular weight is 582 g/mol. The first-order valence-electron chi connectivity index (χ1n) is 14.9. The molecular weight excluding hydrogens is 536 g/mol. The number of allylic oxidation sites excluding steroid dienone is 15. The summed E-state index contributed by atoms with van der Waals surface area (Å²) in [6.07, 6.45) is 39.7. The quantitative estimate of drug-likeness (QED) is 0.201. The first-order chi connectivity index (χ1) is 18.7. The Morgan fingerprint density at radius 3 is 2.46 bits per heavy atom. The standard InChI is InChI=1S/C38H45Br/c1-5-8-10-14-23-35-25-36(31(16-7-3)17-9-6-2)28-37(26-35,32-18-12-11-13-19-32)30-38(27-35,29-36)33-20-15-22-34(4,39)24-21-33/h5-6,8-22,24H,2,7,23,25-30H2,1,3-4H3/b8-5-,14-10-,17-9-,31-16+. The molecule has 4 saturated carbocycles. The third-order valence-corrected chi connectivity index (χ3v) is 10.4. The second kappa shape index (κ2) is 10.9. The van der Waals surface area contributed by atoms with Gasteiger partial charge in [0.25, 0.3) is 0 Å². The first-order valence-corrected chi connectivity index (χ1v) is 15.6. The molecule has 5 aliphatic carbocycles. The highest BCUT2D eigenvalue weighted by Crippen LogP contribution is 2.78. The van der Waals surface area contributed by atoms with Gasteiger partial charge >= 0.3 is 0 Å². The van der Waals surface area contributed by atoms with Gasteiger partial charge in [0.05, 0.1) is 4.32 Å². The molecule has 39 heavy (non-hydrogen) atoms. The van der Waals surface area contributed by atoms with Crippen LogP contribution in [0, 0.1) is 16.2 Å². The van der Waals surface area contributed by atoms with E-state index in [1.165, 1.54) is 49.7 Å². The maximum absolute atomic E-state index is 4.02. The van der Waals surface area contributed by atoms with E-state index in [0.29, 0.717) is 0 Å². The summed E-state index contributed by atoms with van der Waals surface area (Å²) in [4.78, 5) is 0. The topological polar surface area (TPSA) is 0 Å². The predicted molar refractivity (Wildman–Crippen MR) is 173 cm³/mol. The molecule has 1 aromatic rings. The summed E-state index contributed by atoms with van der Waals surface area (Å²) in [5.74, 6) is 0. The average Bonchev–Trinajstić information content (AvgIpc) is 3.09. The van der Waals surface area contributed by atoms with E-state index in [9.17, 15) is 0 Å². The summed E-state index contributed by atoms with van der Waals surface area (Å²) >= 11 is 3.92. The van der Waals surface area contributed by atoms with E-state index in [4.69, 9.17) is 0 Å². The third kappa shape index (κ3) is 5.37. The van der Waals surface area contributed by atoms with Gasteiger partial charge in [0.15, 0.2) is 0 Å². The molecule has 5 atom stereocenters. The summed E-state index contributed by atoms with van der Waals surface area (Å²) in [6.45, 7) is 10.7. The molecule has 4 bridgehead atoms. The van der Waals surface area contributed by atoms with Crippen molar-refractivity contribution < 1.29 is 0 Å². The van der Waals surface area contributed by atoms with Gasteiger partial charge in [-0.2, -0.15) is 0 Å². The number of halogens is 1. The van der Waals surface area contributed by atoms with Crippen LogP contribution in [-0.2, 0) is 5.41 Å². The SMILES string of the molecule is C=C/C=C\C(=C/CC)C12CC3(C/C=C\C=C/C)CC(C4=CC=CC(C)(Br)C=C4)(C1)CC(c1ccccc1)(C3)C2. The van der Waals surface area contributed by atoms with Gasteiger partial charge < -0.3 is 0 Å². The first kappa shape index (κ1) is 28.2. The maximum atomic E-state index is 4.02. The summed E-state index contributed by atoms with van der Waals surface area (Å²) in [5, 5.41) is 0. The normalized spacial score (nSPS) is 37.7. The van der Waals surface area contributed by atoms with Gasteiger partial charge in [0.1, 0.15) is 0 Å². The highest BCUT2D eigenvalue weighted by Gasteiger charge is 2.69. The fourth-order valence-corrected chi connectivity index (χ4v) is 9.48. The maximum Gasteiger partial charge on any atom is 0.0594 e. The van der Waals surface area contributed by atoms with Gasteiger partial charge in [-0.05, 0) is 104 Å². The Morgan fingerprint density at radius 1 is 0.949 bits per heavy atom. The van der Waals surface area contributed by atoms with Crippen molar-refractivity contribution >= 4 is 15.9 Å². The van der Waals surface area contributed by atoms with Gasteiger partial charge in [0, 0.05) is 0 Å². The molecular formula is C38H45Br. The van der Waals surface area contributed by atoms with E-state index in [1.54, 1.807) is 5.56 Å².